The number of nitrogens with zero attached hydrogens (tertiary/aromatic N) is 4. The van der Waals surface area contributed by atoms with Gasteiger partial charge >= 0.3 is 0 Å². The number of hydrogen-bond acceptors (Lipinski definition) is 5. The lowest BCUT2D eigenvalue weighted by Crippen LogP contribution is -2.28. The van der Waals surface area contributed by atoms with Crippen molar-refractivity contribution in [3.05, 3.63) is 78.1 Å². The fraction of sp³-hybridized carbons (Fsp3) is 0.250. The van der Waals surface area contributed by atoms with E-state index in [1.165, 1.54) is 12.1 Å². The maximum Gasteiger partial charge on any atom is 0.275 e. The smallest absolute Gasteiger partial charge is 0.275 e. The van der Waals surface area contributed by atoms with Crippen LogP contribution < -0.4 is 0 Å². The highest BCUT2D eigenvalue weighted by molar-refractivity contribution is 5.92. The first kappa shape index (κ1) is 21.4. The van der Waals surface area contributed by atoms with Gasteiger partial charge in [0, 0.05) is 48.9 Å². The number of pyridine rings is 1. The van der Waals surface area contributed by atoms with Crippen molar-refractivity contribution in [1.82, 2.24) is 25.2 Å². The summed E-state index contributed by atoms with van der Waals surface area (Å²) in [5.74, 6) is 0.0776. The van der Waals surface area contributed by atoms with Crippen LogP contribution in [-0.2, 0) is 6.42 Å². The summed E-state index contributed by atoms with van der Waals surface area (Å²) >= 11 is 0. The number of halogens is 1. The number of nitrogens with one attached hydrogen (secondary N) is 1. The van der Waals surface area contributed by atoms with Gasteiger partial charge in [-0.25, -0.2) is 4.39 Å². The average molecular weight is 433 g/mol. The van der Waals surface area contributed by atoms with E-state index in [1.807, 2.05) is 18.2 Å². The Balaban J connectivity index is 1.21. The van der Waals surface area contributed by atoms with Gasteiger partial charge in [-0.3, -0.25) is 14.9 Å². The summed E-state index contributed by atoms with van der Waals surface area (Å²) in [7, 11) is 1.76. The van der Waals surface area contributed by atoms with Gasteiger partial charge in [0.15, 0.2) is 11.5 Å². The number of hydrogen-bond donors (Lipinski definition) is 1. The van der Waals surface area contributed by atoms with E-state index in [-0.39, 0.29) is 17.4 Å². The van der Waals surface area contributed by atoms with Crippen molar-refractivity contribution < 1.29 is 13.7 Å². The number of unbranched alkanes of at least 4 members (excludes halogenated alkanes) is 2. The van der Waals surface area contributed by atoms with Crippen LogP contribution in [-0.4, -0.2) is 44.7 Å². The SMILES string of the molecule is CN(CCCCCc1cc(-c2cccc(F)c2)n[nH]1)C(=O)c1cc(-c2cccnc2)on1. The molecule has 0 spiro atoms. The second-order valence-electron chi connectivity index (χ2n) is 7.64. The fourth-order valence-corrected chi connectivity index (χ4v) is 3.44. The van der Waals surface area contributed by atoms with E-state index in [0.717, 1.165) is 48.2 Å². The lowest BCUT2D eigenvalue weighted by molar-refractivity contribution is 0.0782. The molecule has 1 aromatic carbocycles. The minimum absolute atomic E-state index is 0.169. The Bertz CT molecular complexity index is 1170. The van der Waals surface area contributed by atoms with Gasteiger partial charge < -0.3 is 9.42 Å². The number of carbonyl (C=O) groups is 1. The number of aromatic amines is 1. The van der Waals surface area contributed by atoms with Gasteiger partial charge in [-0.05, 0) is 49.6 Å². The number of benzene rings is 1. The highest BCUT2D eigenvalue weighted by Gasteiger charge is 2.17. The number of rotatable bonds is 9. The monoisotopic (exact) mass is 433 g/mol. The van der Waals surface area contributed by atoms with Crippen LogP contribution in [0.2, 0.25) is 0 Å². The number of amides is 1. The van der Waals surface area contributed by atoms with Crippen LogP contribution >= 0.6 is 0 Å². The quantitative estimate of drug-likeness (QED) is 0.385. The molecular weight excluding hydrogens is 409 g/mol. The minimum Gasteiger partial charge on any atom is -0.355 e. The zero-order valence-corrected chi connectivity index (χ0v) is 17.8. The van der Waals surface area contributed by atoms with E-state index in [0.29, 0.717) is 12.3 Å². The Morgan fingerprint density at radius 1 is 1.09 bits per heavy atom. The molecule has 0 aliphatic rings. The van der Waals surface area contributed by atoms with Gasteiger partial charge in [0.1, 0.15) is 5.82 Å². The third-order valence-corrected chi connectivity index (χ3v) is 5.21. The molecule has 0 saturated heterocycles. The summed E-state index contributed by atoms with van der Waals surface area (Å²) in [5, 5.41) is 11.2. The summed E-state index contributed by atoms with van der Waals surface area (Å²) in [4.78, 5) is 18.3. The molecule has 0 bridgehead atoms. The summed E-state index contributed by atoms with van der Waals surface area (Å²) in [6, 6.07) is 13.7. The van der Waals surface area contributed by atoms with Crippen molar-refractivity contribution in [3.63, 3.8) is 0 Å². The Hall–Kier alpha value is -3.81. The molecule has 0 saturated carbocycles. The molecule has 4 aromatic rings. The first-order valence-corrected chi connectivity index (χ1v) is 10.5. The summed E-state index contributed by atoms with van der Waals surface area (Å²) < 4.78 is 18.7. The first-order valence-electron chi connectivity index (χ1n) is 10.5. The standard InChI is InChI=1S/C24H24FN5O2/c1-30(24(31)22-15-23(32-29-22)18-8-6-11-26-16-18)12-4-2-3-10-20-14-21(28-27-20)17-7-5-9-19(25)13-17/h5-9,11,13-16H,2-4,10,12H2,1H3,(H,27,28). The van der Waals surface area contributed by atoms with Crippen LogP contribution in [0.4, 0.5) is 4.39 Å². The largest absolute Gasteiger partial charge is 0.355 e. The van der Waals surface area contributed by atoms with E-state index in [9.17, 15) is 9.18 Å². The molecule has 3 aromatic heterocycles. The Kier molecular flexibility index (Phi) is 6.69. The van der Waals surface area contributed by atoms with Crippen molar-refractivity contribution in [2.75, 3.05) is 13.6 Å². The molecule has 164 valence electrons. The van der Waals surface area contributed by atoms with Crippen molar-refractivity contribution in [2.24, 2.45) is 0 Å². The molecule has 8 heteroatoms. The molecule has 1 N–H and O–H groups in total. The summed E-state index contributed by atoms with van der Waals surface area (Å²) in [5.41, 5.74) is 3.57. The van der Waals surface area contributed by atoms with Crippen LogP contribution in [0.25, 0.3) is 22.6 Å². The third-order valence-electron chi connectivity index (χ3n) is 5.21. The first-order chi connectivity index (χ1) is 15.6. The summed E-state index contributed by atoms with van der Waals surface area (Å²) in [6.45, 7) is 0.630. The number of H-pyrrole nitrogens is 1. The second kappa shape index (κ2) is 10.00. The van der Waals surface area contributed by atoms with Crippen LogP contribution in [0.1, 0.15) is 35.4 Å². The molecule has 32 heavy (non-hydrogen) atoms. The highest BCUT2D eigenvalue weighted by atomic mass is 19.1. The summed E-state index contributed by atoms with van der Waals surface area (Å²) in [6.07, 6.45) is 6.99. The topological polar surface area (TPSA) is 87.9 Å². The van der Waals surface area contributed by atoms with Crippen LogP contribution in [0.3, 0.4) is 0 Å². The Morgan fingerprint density at radius 2 is 1.97 bits per heavy atom. The molecule has 0 unspecified atom stereocenters. The molecule has 0 aliphatic carbocycles. The Morgan fingerprint density at radius 3 is 2.78 bits per heavy atom. The third kappa shape index (κ3) is 5.26. The fourth-order valence-electron chi connectivity index (χ4n) is 3.44. The van der Waals surface area contributed by atoms with Crippen molar-refractivity contribution in [3.8, 4) is 22.6 Å². The Labute approximate surface area is 185 Å². The molecule has 4 rings (SSSR count). The molecule has 1 amide bonds. The van der Waals surface area contributed by atoms with E-state index < -0.39 is 0 Å². The second-order valence-corrected chi connectivity index (χ2v) is 7.64. The zero-order chi connectivity index (χ0) is 22.3. The van der Waals surface area contributed by atoms with Gasteiger partial charge in [-0.1, -0.05) is 23.7 Å². The van der Waals surface area contributed by atoms with Gasteiger partial charge in [0.05, 0.1) is 5.69 Å². The van der Waals surface area contributed by atoms with Crippen LogP contribution in [0, 0.1) is 5.82 Å². The lowest BCUT2D eigenvalue weighted by atomic mass is 10.1. The molecule has 0 aliphatic heterocycles. The van der Waals surface area contributed by atoms with Gasteiger partial charge in [-0.2, -0.15) is 5.10 Å². The molecule has 0 fully saturated rings. The van der Waals surface area contributed by atoms with Gasteiger partial charge in [0.2, 0.25) is 0 Å². The molecule has 0 radical (unpaired) electrons. The number of carbonyl (C=O) groups excluding carboxylic acids is 1. The minimum atomic E-state index is -0.273. The van der Waals surface area contributed by atoms with E-state index in [2.05, 4.69) is 20.3 Å². The lowest BCUT2D eigenvalue weighted by Gasteiger charge is -2.15. The van der Waals surface area contributed by atoms with Crippen molar-refractivity contribution in [2.45, 2.75) is 25.7 Å². The zero-order valence-electron chi connectivity index (χ0n) is 17.8. The number of aromatic nitrogens is 4. The predicted octanol–water partition coefficient (Wildman–Crippen LogP) is 4.75. The van der Waals surface area contributed by atoms with E-state index in [4.69, 9.17) is 4.52 Å². The van der Waals surface area contributed by atoms with Gasteiger partial charge in [-0.15, -0.1) is 0 Å². The maximum atomic E-state index is 13.4. The van der Waals surface area contributed by atoms with E-state index >= 15 is 0 Å². The maximum absolute atomic E-state index is 13.4. The molecule has 7 nitrogen and oxygen atoms in total. The van der Waals surface area contributed by atoms with Gasteiger partial charge in [0.25, 0.3) is 5.91 Å². The highest BCUT2D eigenvalue weighted by Crippen LogP contribution is 2.21. The molecular formula is C24H24FN5O2. The van der Waals surface area contributed by atoms with Crippen molar-refractivity contribution in [1.29, 1.82) is 0 Å². The predicted molar refractivity (Wildman–Crippen MR) is 118 cm³/mol. The van der Waals surface area contributed by atoms with E-state index in [1.54, 1.807) is 42.5 Å². The van der Waals surface area contributed by atoms with Crippen molar-refractivity contribution >= 4 is 5.91 Å². The van der Waals surface area contributed by atoms with Crippen LogP contribution in [0.15, 0.2) is 65.4 Å². The average Bonchev–Trinajstić information content (AvgIpc) is 3.49. The molecule has 0 atom stereocenters. The number of aryl methyl sites for hydroxylation is 1. The van der Waals surface area contributed by atoms with Crippen LogP contribution in [0.5, 0.6) is 0 Å². The molecule has 3 heterocycles. The normalized spacial score (nSPS) is 10.9.